The highest BCUT2D eigenvalue weighted by Crippen LogP contribution is 2.11. The van der Waals surface area contributed by atoms with Crippen molar-refractivity contribution < 1.29 is 9.32 Å². The SMILES string of the molecule is CCNCCC(=O)NCc1c(C)noc1C. The number of carbonyl (C=O) groups excluding carboxylic acids is 1. The number of nitrogens with zero attached hydrogens (tertiary/aromatic N) is 1. The van der Waals surface area contributed by atoms with Crippen LogP contribution in [0.2, 0.25) is 0 Å². The van der Waals surface area contributed by atoms with Gasteiger partial charge in [0.05, 0.1) is 5.69 Å². The Balaban J connectivity index is 2.32. The molecule has 0 fully saturated rings. The Morgan fingerprint density at radius 3 is 2.75 bits per heavy atom. The lowest BCUT2D eigenvalue weighted by Crippen LogP contribution is -2.27. The molecule has 0 atom stereocenters. The van der Waals surface area contributed by atoms with Gasteiger partial charge in [-0.1, -0.05) is 12.1 Å². The van der Waals surface area contributed by atoms with Gasteiger partial charge in [-0.3, -0.25) is 4.79 Å². The van der Waals surface area contributed by atoms with E-state index in [0.29, 0.717) is 19.5 Å². The first kappa shape index (κ1) is 12.7. The van der Waals surface area contributed by atoms with Crippen LogP contribution in [-0.2, 0) is 11.3 Å². The summed E-state index contributed by atoms with van der Waals surface area (Å²) in [4.78, 5) is 11.4. The molecule has 0 aliphatic rings. The molecule has 1 heterocycles. The number of carbonyl (C=O) groups is 1. The monoisotopic (exact) mass is 225 g/mol. The van der Waals surface area contributed by atoms with Crippen molar-refractivity contribution in [1.82, 2.24) is 15.8 Å². The molecule has 5 heteroatoms. The van der Waals surface area contributed by atoms with Crippen LogP contribution in [0.1, 0.15) is 30.4 Å². The van der Waals surface area contributed by atoms with Crippen LogP contribution >= 0.6 is 0 Å². The minimum absolute atomic E-state index is 0.0425. The third-order valence-corrected chi connectivity index (χ3v) is 2.42. The van der Waals surface area contributed by atoms with Crippen molar-refractivity contribution in [2.24, 2.45) is 0 Å². The van der Waals surface area contributed by atoms with E-state index < -0.39 is 0 Å². The van der Waals surface area contributed by atoms with Crippen molar-refractivity contribution in [2.45, 2.75) is 33.7 Å². The first-order chi connectivity index (χ1) is 7.65. The molecule has 0 aliphatic carbocycles. The fourth-order valence-corrected chi connectivity index (χ4v) is 1.41. The van der Waals surface area contributed by atoms with Crippen LogP contribution in [0.3, 0.4) is 0 Å². The molecule has 0 saturated heterocycles. The molecule has 1 amide bonds. The Morgan fingerprint density at radius 1 is 1.44 bits per heavy atom. The Hall–Kier alpha value is -1.36. The van der Waals surface area contributed by atoms with Crippen LogP contribution in [0, 0.1) is 13.8 Å². The van der Waals surface area contributed by atoms with Crippen LogP contribution in [0.5, 0.6) is 0 Å². The zero-order valence-corrected chi connectivity index (χ0v) is 10.1. The zero-order chi connectivity index (χ0) is 12.0. The van der Waals surface area contributed by atoms with Crippen molar-refractivity contribution in [3.63, 3.8) is 0 Å². The number of aryl methyl sites for hydroxylation is 2. The number of amides is 1. The van der Waals surface area contributed by atoms with E-state index >= 15 is 0 Å². The smallest absolute Gasteiger partial charge is 0.221 e. The van der Waals surface area contributed by atoms with E-state index in [1.165, 1.54) is 0 Å². The number of hydrogen-bond donors (Lipinski definition) is 2. The predicted molar refractivity (Wildman–Crippen MR) is 61.0 cm³/mol. The van der Waals surface area contributed by atoms with Crippen molar-refractivity contribution >= 4 is 5.91 Å². The summed E-state index contributed by atoms with van der Waals surface area (Å²) in [6, 6.07) is 0. The van der Waals surface area contributed by atoms with Gasteiger partial charge in [0, 0.05) is 25.1 Å². The Labute approximate surface area is 95.6 Å². The molecule has 1 rings (SSSR count). The average molecular weight is 225 g/mol. The standard InChI is InChI=1S/C11H19N3O2/c1-4-12-6-5-11(15)13-7-10-8(2)14-16-9(10)3/h12H,4-7H2,1-3H3,(H,13,15). The number of nitrogens with one attached hydrogen (secondary N) is 2. The van der Waals surface area contributed by atoms with Gasteiger partial charge in [-0.25, -0.2) is 0 Å². The lowest BCUT2D eigenvalue weighted by molar-refractivity contribution is -0.121. The summed E-state index contributed by atoms with van der Waals surface area (Å²) < 4.78 is 5.01. The maximum atomic E-state index is 11.4. The fourth-order valence-electron chi connectivity index (χ4n) is 1.41. The summed E-state index contributed by atoms with van der Waals surface area (Å²) in [7, 11) is 0. The lowest BCUT2D eigenvalue weighted by Gasteiger charge is -2.04. The molecule has 0 radical (unpaired) electrons. The Kier molecular flexibility index (Phi) is 4.98. The molecule has 1 aromatic heterocycles. The van der Waals surface area contributed by atoms with Gasteiger partial charge in [-0.05, 0) is 20.4 Å². The Morgan fingerprint density at radius 2 is 2.19 bits per heavy atom. The molecule has 0 aromatic carbocycles. The highest BCUT2D eigenvalue weighted by atomic mass is 16.5. The van der Waals surface area contributed by atoms with Gasteiger partial charge in [0.15, 0.2) is 0 Å². The third-order valence-electron chi connectivity index (χ3n) is 2.42. The lowest BCUT2D eigenvalue weighted by atomic mass is 10.2. The van der Waals surface area contributed by atoms with Crippen LogP contribution in [-0.4, -0.2) is 24.2 Å². The molecule has 0 saturated carbocycles. The maximum absolute atomic E-state index is 11.4. The maximum Gasteiger partial charge on any atom is 0.221 e. The molecule has 90 valence electrons. The van der Waals surface area contributed by atoms with Crippen LogP contribution < -0.4 is 10.6 Å². The van der Waals surface area contributed by atoms with E-state index in [-0.39, 0.29) is 5.91 Å². The van der Waals surface area contributed by atoms with Crippen molar-refractivity contribution in [2.75, 3.05) is 13.1 Å². The van der Waals surface area contributed by atoms with Gasteiger partial charge < -0.3 is 15.2 Å². The molecule has 0 spiro atoms. The third kappa shape index (κ3) is 3.66. The largest absolute Gasteiger partial charge is 0.361 e. The van der Waals surface area contributed by atoms with Crippen LogP contribution in [0.25, 0.3) is 0 Å². The second kappa shape index (κ2) is 6.27. The molecule has 0 bridgehead atoms. The molecule has 2 N–H and O–H groups in total. The molecule has 16 heavy (non-hydrogen) atoms. The predicted octanol–water partition coefficient (Wildman–Crippen LogP) is 0.907. The summed E-state index contributed by atoms with van der Waals surface area (Å²) >= 11 is 0. The van der Waals surface area contributed by atoms with Crippen molar-refractivity contribution in [3.05, 3.63) is 17.0 Å². The second-order valence-corrected chi connectivity index (χ2v) is 3.68. The van der Waals surface area contributed by atoms with Gasteiger partial charge in [-0.2, -0.15) is 0 Å². The van der Waals surface area contributed by atoms with Gasteiger partial charge in [0.25, 0.3) is 0 Å². The molecular formula is C11H19N3O2. The van der Waals surface area contributed by atoms with E-state index in [4.69, 9.17) is 4.52 Å². The highest BCUT2D eigenvalue weighted by molar-refractivity contribution is 5.76. The Bertz CT molecular complexity index is 327. The van der Waals surface area contributed by atoms with Gasteiger partial charge in [0.2, 0.25) is 5.91 Å². The van der Waals surface area contributed by atoms with E-state index in [1.54, 1.807) is 0 Å². The normalized spacial score (nSPS) is 10.4. The summed E-state index contributed by atoms with van der Waals surface area (Å²) in [5, 5.41) is 9.78. The van der Waals surface area contributed by atoms with E-state index in [0.717, 1.165) is 23.6 Å². The second-order valence-electron chi connectivity index (χ2n) is 3.68. The molecule has 0 unspecified atom stereocenters. The first-order valence-electron chi connectivity index (χ1n) is 5.54. The number of aromatic nitrogens is 1. The van der Waals surface area contributed by atoms with Gasteiger partial charge in [0.1, 0.15) is 5.76 Å². The minimum atomic E-state index is 0.0425. The number of rotatable bonds is 6. The molecule has 0 aliphatic heterocycles. The topological polar surface area (TPSA) is 67.2 Å². The first-order valence-corrected chi connectivity index (χ1v) is 5.54. The summed E-state index contributed by atoms with van der Waals surface area (Å²) in [6.07, 6.45) is 0.497. The quantitative estimate of drug-likeness (QED) is 0.706. The van der Waals surface area contributed by atoms with Crippen molar-refractivity contribution in [1.29, 1.82) is 0 Å². The minimum Gasteiger partial charge on any atom is -0.361 e. The highest BCUT2D eigenvalue weighted by Gasteiger charge is 2.09. The molecular weight excluding hydrogens is 206 g/mol. The van der Waals surface area contributed by atoms with E-state index in [1.807, 2.05) is 20.8 Å². The van der Waals surface area contributed by atoms with E-state index in [9.17, 15) is 4.79 Å². The number of hydrogen-bond acceptors (Lipinski definition) is 4. The average Bonchev–Trinajstić information content (AvgIpc) is 2.57. The van der Waals surface area contributed by atoms with E-state index in [2.05, 4.69) is 15.8 Å². The van der Waals surface area contributed by atoms with Crippen LogP contribution in [0.15, 0.2) is 4.52 Å². The molecule has 5 nitrogen and oxygen atoms in total. The van der Waals surface area contributed by atoms with Crippen molar-refractivity contribution in [3.8, 4) is 0 Å². The van der Waals surface area contributed by atoms with Crippen LogP contribution in [0.4, 0.5) is 0 Å². The zero-order valence-electron chi connectivity index (χ0n) is 10.1. The fraction of sp³-hybridized carbons (Fsp3) is 0.636. The summed E-state index contributed by atoms with van der Waals surface area (Å²) in [5.41, 5.74) is 1.81. The van der Waals surface area contributed by atoms with Gasteiger partial charge in [-0.15, -0.1) is 0 Å². The van der Waals surface area contributed by atoms with Gasteiger partial charge >= 0.3 is 0 Å². The summed E-state index contributed by atoms with van der Waals surface area (Å²) in [6.45, 7) is 7.83. The molecule has 1 aromatic rings. The summed E-state index contributed by atoms with van der Waals surface area (Å²) in [5.74, 6) is 0.811.